The van der Waals surface area contributed by atoms with E-state index in [2.05, 4.69) is 4.98 Å². The average Bonchev–Trinajstić information content (AvgIpc) is 2.50. The van der Waals surface area contributed by atoms with Gasteiger partial charge in [0.05, 0.1) is 6.61 Å². The topological polar surface area (TPSA) is 39.2 Å². The van der Waals surface area contributed by atoms with Gasteiger partial charge >= 0.3 is 5.97 Å². The molecule has 2 rings (SSSR count). The fourth-order valence-corrected chi connectivity index (χ4v) is 2.61. The Bertz CT molecular complexity index is 621. The van der Waals surface area contributed by atoms with Gasteiger partial charge in [-0.15, -0.1) is 0 Å². The molecule has 0 saturated carbocycles. The van der Waals surface area contributed by atoms with E-state index in [-0.39, 0.29) is 5.97 Å². The number of benzene rings is 1. The monoisotopic (exact) mass is 299 g/mol. The number of hydrogen-bond acceptors (Lipinski definition) is 4. The van der Waals surface area contributed by atoms with Gasteiger partial charge in [-0.05, 0) is 31.5 Å². The van der Waals surface area contributed by atoms with E-state index in [4.69, 9.17) is 4.74 Å². The van der Waals surface area contributed by atoms with Gasteiger partial charge in [-0.1, -0.05) is 42.1 Å². The first-order valence-electron chi connectivity index (χ1n) is 6.73. The van der Waals surface area contributed by atoms with Gasteiger partial charge in [0, 0.05) is 27.8 Å². The van der Waals surface area contributed by atoms with Crippen LogP contribution in [0.3, 0.4) is 0 Å². The molecule has 0 aliphatic carbocycles. The van der Waals surface area contributed by atoms with Gasteiger partial charge in [-0.25, -0.2) is 4.79 Å². The predicted molar refractivity (Wildman–Crippen MR) is 85.9 cm³/mol. The summed E-state index contributed by atoms with van der Waals surface area (Å²) >= 11 is 1.50. The molecule has 2 aromatic rings. The molecule has 0 radical (unpaired) electrons. The smallest absolute Gasteiger partial charge is 0.331 e. The van der Waals surface area contributed by atoms with E-state index >= 15 is 0 Å². The van der Waals surface area contributed by atoms with E-state index in [1.165, 1.54) is 17.8 Å². The number of pyridine rings is 1. The van der Waals surface area contributed by atoms with Gasteiger partial charge in [0.1, 0.15) is 0 Å². The molecule has 0 unspecified atom stereocenters. The minimum absolute atomic E-state index is 0.330. The molecule has 3 nitrogen and oxygen atoms in total. The molecule has 0 N–H and O–H groups in total. The molecule has 21 heavy (non-hydrogen) atoms. The number of carbonyl (C=O) groups is 1. The summed E-state index contributed by atoms with van der Waals surface area (Å²) in [6.07, 6.45) is 3.34. The summed E-state index contributed by atoms with van der Waals surface area (Å²) in [4.78, 5) is 17.9. The van der Waals surface area contributed by atoms with Gasteiger partial charge in [-0.2, -0.15) is 0 Å². The summed E-state index contributed by atoms with van der Waals surface area (Å²) in [7, 11) is 0. The van der Waals surface area contributed by atoms with Crippen molar-refractivity contribution in [1.82, 2.24) is 4.98 Å². The van der Waals surface area contributed by atoms with Crippen molar-refractivity contribution >= 4 is 22.6 Å². The molecule has 4 heteroatoms. The van der Waals surface area contributed by atoms with E-state index in [0.717, 1.165) is 21.1 Å². The molecule has 1 aromatic heterocycles. The zero-order valence-corrected chi connectivity index (χ0v) is 12.9. The first kappa shape index (κ1) is 15.3. The third-order valence-electron chi connectivity index (χ3n) is 2.71. The highest BCUT2D eigenvalue weighted by atomic mass is 32.2. The zero-order valence-electron chi connectivity index (χ0n) is 12.1. The highest BCUT2D eigenvalue weighted by molar-refractivity contribution is 8.08. The Balaban J connectivity index is 2.28. The molecule has 0 spiro atoms. The molecule has 0 bridgehead atoms. The fourth-order valence-electron chi connectivity index (χ4n) is 1.71. The van der Waals surface area contributed by atoms with Gasteiger partial charge in [0.25, 0.3) is 0 Å². The van der Waals surface area contributed by atoms with Crippen LogP contribution in [-0.4, -0.2) is 17.6 Å². The van der Waals surface area contributed by atoms with Crippen LogP contribution in [0, 0.1) is 6.92 Å². The van der Waals surface area contributed by atoms with Crippen LogP contribution < -0.4 is 0 Å². The Labute approximate surface area is 129 Å². The molecule has 108 valence electrons. The number of esters is 1. The third-order valence-corrected chi connectivity index (χ3v) is 3.76. The maximum Gasteiger partial charge on any atom is 0.331 e. The molecule has 0 fully saturated rings. The van der Waals surface area contributed by atoms with Crippen LogP contribution in [0.15, 0.2) is 59.6 Å². The third kappa shape index (κ3) is 4.76. The van der Waals surface area contributed by atoms with Crippen molar-refractivity contribution in [1.29, 1.82) is 0 Å². The highest BCUT2D eigenvalue weighted by Gasteiger charge is 2.08. The predicted octanol–water partition coefficient (Wildman–Crippen LogP) is 4.09. The van der Waals surface area contributed by atoms with Gasteiger partial charge < -0.3 is 4.74 Å². The fraction of sp³-hybridized carbons (Fsp3) is 0.176. The van der Waals surface area contributed by atoms with E-state index in [1.54, 1.807) is 6.92 Å². The second kappa shape index (κ2) is 7.64. The van der Waals surface area contributed by atoms with Crippen LogP contribution in [-0.2, 0) is 9.53 Å². The first-order chi connectivity index (χ1) is 10.2. The molecule has 0 atom stereocenters. The van der Waals surface area contributed by atoms with Crippen LogP contribution in [0.2, 0.25) is 0 Å². The number of thioether (sulfide) groups is 1. The van der Waals surface area contributed by atoms with Crippen molar-refractivity contribution in [3.05, 3.63) is 66.0 Å². The normalized spacial score (nSPS) is 11.2. The Morgan fingerprint density at radius 3 is 2.62 bits per heavy atom. The Hall–Kier alpha value is -2.07. The van der Waals surface area contributed by atoms with Crippen molar-refractivity contribution < 1.29 is 9.53 Å². The largest absolute Gasteiger partial charge is 0.463 e. The molecule has 0 aliphatic rings. The van der Waals surface area contributed by atoms with Crippen molar-refractivity contribution in [3.63, 3.8) is 0 Å². The number of nitrogens with zero attached hydrogens (tertiary/aromatic N) is 1. The van der Waals surface area contributed by atoms with Gasteiger partial charge in [0.15, 0.2) is 0 Å². The van der Waals surface area contributed by atoms with E-state index in [9.17, 15) is 4.79 Å². The number of ether oxygens (including phenoxy) is 1. The summed E-state index contributed by atoms with van der Waals surface area (Å²) in [5.41, 5.74) is 1.95. The lowest BCUT2D eigenvalue weighted by Crippen LogP contribution is -2.00. The summed E-state index contributed by atoms with van der Waals surface area (Å²) in [5.74, 6) is -0.330. The number of aryl methyl sites for hydroxylation is 1. The number of aromatic nitrogens is 1. The van der Waals surface area contributed by atoms with Crippen molar-refractivity contribution in [2.75, 3.05) is 6.61 Å². The molecule has 0 saturated heterocycles. The second-order valence-corrected chi connectivity index (χ2v) is 5.48. The SMILES string of the molecule is CCOC(=O)/C=C(\Sc1ccc(C)nc1)c1ccccc1. The maximum atomic E-state index is 11.7. The molecule has 1 aromatic carbocycles. The minimum atomic E-state index is -0.330. The lowest BCUT2D eigenvalue weighted by atomic mass is 10.2. The number of carbonyl (C=O) groups excluding carboxylic acids is 1. The first-order valence-corrected chi connectivity index (χ1v) is 7.55. The standard InChI is InChI=1S/C17H17NO2S/c1-3-20-17(19)11-16(14-7-5-4-6-8-14)21-15-10-9-13(2)18-12-15/h4-12H,3H2,1-2H3/b16-11-. The molecule has 0 aliphatic heterocycles. The Morgan fingerprint density at radius 1 is 1.24 bits per heavy atom. The van der Waals surface area contributed by atoms with Gasteiger partial charge in [-0.3, -0.25) is 4.98 Å². The highest BCUT2D eigenvalue weighted by Crippen LogP contribution is 2.33. The van der Waals surface area contributed by atoms with Crippen molar-refractivity contribution in [3.8, 4) is 0 Å². The van der Waals surface area contributed by atoms with Crippen LogP contribution in [0.1, 0.15) is 18.2 Å². The Kier molecular flexibility index (Phi) is 5.58. The van der Waals surface area contributed by atoms with Gasteiger partial charge in [0.2, 0.25) is 0 Å². The minimum Gasteiger partial charge on any atom is -0.463 e. The summed E-state index contributed by atoms with van der Waals surface area (Å²) < 4.78 is 5.01. The van der Waals surface area contributed by atoms with E-state index < -0.39 is 0 Å². The number of hydrogen-bond donors (Lipinski definition) is 0. The average molecular weight is 299 g/mol. The van der Waals surface area contributed by atoms with Crippen LogP contribution in [0.5, 0.6) is 0 Å². The van der Waals surface area contributed by atoms with Crippen LogP contribution >= 0.6 is 11.8 Å². The molecular weight excluding hydrogens is 282 g/mol. The molecular formula is C17H17NO2S. The lowest BCUT2D eigenvalue weighted by molar-refractivity contribution is -0.137. The summed E-state index contributed by atoms with van der Waals surface area (Å²) in [5, 5.41) is 0. The maximum absolute atomic E-state index is 11.7. The van der Waals surface area contributed by atoms with E-state index in [0.29, 0.717) is 6.61 Å². The van der Waals surface area contributed by atoms with Crippen molar-refractivity contribution in [2.24, 2.45) is 0 Å². The number of rotatable bonds is 5. The zero-order chi connectivity index (χ0) is 15.1. The lowest BCUT2D eigenvalue weighted by Gasteiger charge is -2.08. The quantitative estimate of drug-likeness (QED) is 0.473. The van der Waals surface area contributed by atoms with Crippen LogP contribution in [0.25, 0.3) is 4.91 Å². The van der Waals surface area contributed by atoms with E-state index in [1.807, 2.05) is 55.6 Å². The molecule has 1 heterocycles. The molecule has 0 amide bonds. The summed E-state index contributed by atoms with van der Waals surface area (Å²) in [6, 6.07) is 13.7. The second-order valence-electron chi connectivity index (χ2n) is 4.36. The Morgan fingerprint density at radius 2 is 2.00 bits per heavy atom. The summed E-state index contributed by atoms with van der Waals surface area (Å²) in [6.45, 7) is 4.11. The van der Waals surface area contributed by atoms with Crippen molar-refractivity contribution in [2.45, 2.75) is 18.7 Å². The van der Waals surface area contributed by atoms with Crippen LogP contribution in [0.4, 0.5) is 0 Å².